The van der Waals surface area contributed by atoms with Crippen LogP contribution < -0.4 is 5.32 Å². The number of hydrogen-bond acceptors (Lipinski definition) is 4. The van der Waals surface area contributed by atoms with Crippen LogP contribution >= 0.6 is 0 Å². The van der Waals surface area contributed by atoms with E-state index in [0.29, 0.717) is 12.2 Å². The molecule has 4 rings (SSSR count). The number of aromatic nitrogens is 3. The molecule has 31 heavy (non-hydrogen) atoms. The highest BCUT2D eigenvalue weighted by atomic mass is 16.1. The molecule has 2 aromatic heterocycles. The molecule has 2 N–H and O–H groups in total. The minimum Gasteiger partial charge on any atom is -0.309 e. The van der Waals surface area contributed by atoms with E-state index in [1.54, 1.807) is 6.20 Å². The normalized spacial score (nSPS) is 17.3. The molecule has 1 aliphatic rings. The molecule has 1 unspecified atom stereocenters. The minimum atomic E-state index is -0.0737. The summed E-state index contributed by atoms with van der Waals surface area (Å²) in [6.45, 7) is 9.90. The molecule has 164 valence electrons. The standard InChI is InChI=1S/C25H33N5O/c1-4-6-18-10-12-30(16-18)17-25(2,3)15-24(31)27-23-14-22(28-29-23)20-8-9-21-19(13-20)7-5-11-26-21/h5,7-9,11,13-14,18H,4,6,10,12,15-17H2,1-3H3,(H2,27,28,29,31). The van der Waals surface area contributed by atoms with E-state index < -0.39 is 0 Å². The van der Waals surface area contributed by atoms with Crippen LogP contribution in [0.3, 0.4) is 0 Å². The largest absolute Gasteiger partial charge is 0.309 e. The molecule has 0 spiro atoms. The minimum absolute atomic E-state index is 0.00932. The number of H-pyrrole nitrogens is 1. The van der Waals surface area contributed by atoms with Crippen LogP contribution in [0.5, 0.6) is 0 Å². The number of nitrogens with zero attached hydrogens (tertiary/aromatic N) is 3. The molecular weight excluding hydrogens is 386 g/mol. The first-order chi connectivity index (χ1) is 14.9. The van der Waals surface area contributed by atoms with Crippen LogP contribution in [0.1, 0.15) is 46.5 Å². The second kappa shape index (κ2) is 9.18. The van der Waals surface area contributed by atoms with Crippen molar-refractivity contribution in [3.05, 3.63) is 42.6 Å². The van der Waals surface area contributed by atoms with Gasteiger partial charge in [0.05, 0.1) is 11.2 Å². The number of anilines is 1. The van der Waals surface area contributed by atoms with Gasteiger partial charge in [0.2, 0.25) is 5.91 Å². The Morgan fingerprint density at radius 1 is 1.29 bits per heavy atom. The lowest BCUT2D eigenvalue weighted by atomic mass is 9.88. The monoisotopic (exact) mass is 419 g/mol. The number of fused-ring (bicyclic) bond motifs is 1. The zero-order chi connectivity index (χ0) is 21.8. The van der Waals surface area contributed by atoms with Crippen LogP contribution in [0, 0.1) is 11.3 Å². The molecular formula is C25H33N5O. The predicted octanol–water partition coefficient (Wildman–Crippen LogP) is 5.10. The highest BCUT2D eigenvalue weighted by Gasteiger charge is 2.29. The Hall–Kier alpha value is -2.73. The first-order valence-corrected chi connectivity index (χ1v) is 11.3. The summed E-state index contributed by atoms with van der Waals surface area (Å²) < 4.78 is 0. The number of pyridine rings is 1. The molecule has 1 fully saturated rings. The summed E-state index contributed by atoms with van der Waals surface area (Å²) in [7, 11) is 0. The summed E-state index contributed by atoms with van der Waals surface area (Å²) >= 11 is 0. The zero-order valence-corrected chi connectivity index (χ0v) is 18.8. The quantitative estimate of drug-likeness (QED) is 0.533. The smallest absolute Gasteiger partial charge is 0.226 e. The first-order valence-electron chi connectivity index (χ1n) is 11.3. The lowest BCUT2D eigenvalue weighted by Crippen LogP contribution is -2.35. The van der Waals surface area contributed by atoms with Gasteiger partial charge in [-0.2, -0.15) is 5.10 Å². The molecule has 1 aromatic carbocycles. The van der Waals surface area contributed by atoms with Crippen LogP contribution in [0.25, 0.3) is 22.2 Å². The number of rotatable bonds is 8. The summed E-state index contributed by atoms with van der Waals surface area (Å²) in [5.41, 5.74) is 2.78. The fourth-order valence-electron chi connectivity index (χ4n) is 4.76. The molecule has 0 aliphatic carbocycles. The van der Waals surface area contributed by atoms with Gasteiger partial charge in [-0.25, -0.2) is 0 Å². The number of carbonyl (C=O) groups excluding carboxylic acids is 1. The number of hydrogen-bond donors (Lipinski definition) is 2. The van der Waals surface area contributed by atoms with E-state index in [0.717, 1.165) is 41.2 Å². The fraction of sp³-hybridized carbons (Fsp3) is 0.480. The Morgan fingerprint density at radius 3 is 3.00 bits per heavy atom. The molecule has 3 heterocycles. The van der Waals surface area contributed by atoms with E-state index in [4.69, 9.17) is 0 Å². The maximum atomic E-state index is 12.7. The first kappa shape index (κ1) is 21.5. The van der Waals surface area contributed by atoms with Crippen LogP contribution in [0.4, 0.5) is 5.82 Å². The van der Waals surface area contributed by atoms with Crippen LogP contribution in [-0.2, 0) is 4.79 Å². The molecule has 1 saturated heterocycles. The van der Waals surface area contributed by atoms with Gasteiger partial charge in [0, 0.05) is 42.7 Å². The zero-order valence-electron chi connectivity index (χ0n) is 18.8. The van der Waals surface area contributed by atoms with Gasteiger partial charge in [0.15, 0.2) is 5.82 Å². The van der Waals surface area contributed by atoms with Gasteiger partial charge in [-0.15, -0.1) is 0 Å². The number of amides is 1. The van der Waals surface area contributed by atoms with E-state index in [2.05, 4.69) is 52.2 Å². The van der Waals surface area contributed by atoms with Crippen LogP contribution in [0.2, 0.25) is 0 Å². The summed E-state index contributed by atoms with van der Waals surface area (Å²) in [5, 5.41) is 11.4. The van der Waals surface area contributed by atoms with E-state index in [9.17, 15) is 4.79 Å². The van der Waals surface area contributed by atoms with Crippen LogP contribution in [0.15, 0.2) is 42.6 Å². The summed E-state index contributed by atoms with van der Waals surface area (Å²) in [6, 6.07) is 11.9. The number of likely N-dealkylation sites (tertiary alicyclic amines) is 1. The number of carbonyl (C=O) groups is 1. The SMILES string of the molecule is CCCC1CCN(CC(C)(C)CC(=O)Nc2cc(-c3ccc4ncccc4c3)[nH]n2)C1. The van der Waals surface area contributed by atoms with Gasteiger partial charge in [0.1, 0.15) is 0 Å². The van der Waals surface area contributed by atoms with Gasteiger partial charge in [-0.05, 0) is 48.9 Å². The average molecular weight is 420 g/mol. The second-order valence-corrected chi connectivity index (χ2v) is 9.65. The molecule has 1 atom stereocenters. The van der Waals surface area contributed by atoms with Crippen molar-refractivity contribution in [2.24, 2.45) is 11.3 Å². The highest BCUT2D eigenvalue weighted by molar-refractivity contribution is 5.91. The number of benzene rings is 1. The summed E-state index contributed by atoms with van der Waals surface area (Å²) in [5.74, 6) is 1.39. The van der Waals surface area contributed by atoms with E-state index in [1.165, 1.54) is 25.8 Å². The Bertz CT molecular complexity index is 1040. The van der Waals surface area contributed by atoms with E-state index in [-0.39, 0.29) is 11.3 Å². The Labute approximate surface area is 184 Å². The average Bonchev–Trinajstić information content (AvgIpc) is 3.36. The maximum Gasteiger partial charge on any atom is 0.226 e. The van der Waals surface area contributed by atoms with Crippen molar-refractivity contribution in [1.29, 1.82) is 0 Å². The van der Waals surface area contributed by atoms with Gasteiger partial charge < -0.3 is 10.2 Å². The van der Waals surface area contributed by atoms with Gasteiger partial charge >= 0.3 is 0 Å². The van der Waals surface area contributed by atoms with Crippen molar-refractivity contribution in [2.45, 2.75) is 46.5 Å². The predicted molar refractivity (Wildman–Crippen MR) is 126 cm³/mol. The highest BCUT2D eigenvalue weighted by Crippen LogP contribution is 2.28. The van der Waals surface area contributed by atoms with Crippen molar-refractivity contribution in [1.82, 2.24) is 20.1 Å². The molecule has 6 heteroatoms. The van der Waals surface area contributed by atoms with Crippen molar-refractivity contribution in [3.8, 4) is 11.3 Å². The van der Waals surface area contributed by atoms with Crippen molar-refractivity contribution in [2.75, 3.05) is 25.0 Å². The molecule has 1 amide bonds. The maximum absolute atomic E-state index is 12.7. The van der Waals surface area contributed by atoms with Crippen LogP contribution in [-0.4, -0.2) is 45.6 Å². The van der Waals surface area contributed by atoms with Gasteiger partial charge in [0.25, 0.3) is 0 Å². The van der Waals surface area contributed by atoms with E-state index >= 15 is 0 Å². The number of nitrogens with one attached hydrogen (secondary N) is 2. The number of aromatic amines is 1. The lowest BCUT2D eigenvalue weighted by molar-refractivity contribution is -0.118. The third kappa shape index (κ3) is 5.50. The third-order valence-electron chi connectivity index (χ3n) is 6.12. The molecule has 3 aromatic rings. The van der Waals surface area contributed by atoms with Gasteiger partial charge in [-0.1, -0.05) is 39.3 Å². The topological polar surface area (TPSA) is 73.9 Å². The van der Waals surface area contributed by atoms with Crippen molar-refractivity contribution < 1.29 is 4.79 Å². The Balaban J connectivity index is 1.34. The Morgan fingerprint density at radius 2 is 2.16 bits per heavy atom. The second-order valence-electron chi connectivity index (χ2n) is 9.65. The summed E-state index contributed by atoms with van der Waals surface area (Å²) in [4.78, 5) is 19.6. The molecule has 0 saturated carbocycles. The van der Waals surface area contributed by atoms with Crippen molar-refractivity contribution >= 4 is 22.6 Å². The molecule has 0 bridgehead atoms. The van der Waals surface area contributed by atoms with E-state index in [1.807, 2.05) is 30.3 Å². The van der Waals surface area contributed by atoms with Gasteiger partial charge in [-0.3, -0.25) is 14.9 Å². The molecule has 0 radical (unpaired) electrons. The molecule has 6 nitrogen and oxygen atoms in total. The van der Waals surface area contributed by atoms with Crippen molar-refractivity contribution in [3.63, 3.8) is 0 Å². The lowest BCUT2D eigenvalue weighted by Gasteiger charge is -2.29. The molecule has 1 aliphatic heterocycles. The summed E-state index contributed by atoms with van der Waals surface area (Å²) in [6.07, 6.45) is 6.13. The third-order valence-corrected chi connectivity index (χ3v) is 6.12. The Kier molecular flexibility index (Phi) is 6.37. The fourth-order valence-corrected chi connectivity index (χ4v) is 4.76.